The highest BCUT2D eigenvalue weighted by molar-refractivity contribution is 9.10. The van der Waals surface area contributed by atoms with Crippen molar-refractivity contribution in [2.45, 2.75) is 52.1 Å². The number of nitrogens with one attached hydrogen (secondary N) is 1. The van der Waals surface area contributed by atoms with E-state index < -0.39 is 0 Å². The predicted molar refractivity (Wildman–Crippen MR) is 91.3 cm³/mol. The minimum absolute atomic E-state index is 0.533. The molecule has 0 spiro atoms. The number of nitrogens with zero attached hydrogens (tertiary/aromatic N) is 1. The first-order valence-electron chi connectivity index (χ1n) is 7.59. The van der Waals surface area contributed by atoms with E-state index in [9.17, 15) is 0 Å². The zero-order valence-electron chi connectivity index (χ0n) is 13.2. The molecule has 20 heavy (non-hydrogen) atoms. The minimum atomic E-state index is 0.533. The largest absolute Gasteiger partial charge is 0.371 e. The number of hydrogen-bond acceptors (Lipinski definition) is 2. The fourth-order valence-corrected chi connectivity index (χ4v) is 3.61. The van der Waals surface area contributed by atoms with Crippen LogP contribution in [-0.2, 0) is 6.54 Å². The van der Waals surface area contributed by atoms with Gasteiger partial charge in [-0.05, 0) is 61.9 Å². The van der Waals surface area contributed by atoms with E-state index in [0.717, 1.165) is 11.0 Å². The maximum atomic E-state index is 3.58. The van der Waals surface area contributed by atoms with E-state index in [0.29, 0.717) is 11.5 Å². The third-order valence-electron chi connectivity index (χ3n) is 4.65. The highest BCUT2D eigenvalue weighted by Crippen LogP contribution is 2.38. The summed E-state index contributed by atoms with van der Waals surface area (Å²) in [5.41, 5.74) is 3.27. The number of halogens is 1. The van der Waals surface area contributed by atoms with Crippen molar-refractivity contribution in [1.29, 1.82) is 0 Å². The average Bonchev–Trinajstić information content (AvgIpc) is 2.38. The second-order valence-corrected chi connectivity index (χ2v) is 7.73. The molecule has 1 saturated carbocycles. The Kier molecular flexibility index (Phi) is 5.14. The van der Waals surface area contributed by atoms with Gasteiger partial charge in [0.1, 0.15) is 0 Å². The van der Waals surface area contributed by atoms with Crippen LogP contribution >= 0.6 is 15.9 Å². The molecular weight excluding hydrogens is 312 g/mol. The van der Waals surface area contributed by atoms with Crippen molar-refractivity contribution in [3.05, 3.63) is 28.2 Å². The van der Waals surface area contributed by atoms with Crippen molar-refractivity contribution in [3.63, 3.8) is 0 Å². The molecule has 1 fully saturated rings. The van der Waals surface area contributed by atoms with Crippen molar-refractivity contribution in [1.82, 2.24) is 5.32 Å². The summed E-state index contributed by atoms with van der Waals surface area (Å²) in [6, 6.07) is 7.31. The van der Waals surface area contributed by atoms with Crippen LogP contribution in [0.25, 0.3) is 0 Å². The van der Waals surface area contributed by atoms with Crippen LogP contribution < -0.4 is 10.2 Å². The second-order valence-electron chi connectivity index (χ2n) is 6.81. The van der Waals surface area contributed by atoms with Crippen molar-refractivity contribution in [2.24, 2.45) is 5.41 Å². The molecule has 1 aliphatic rings. The molecule has 0 unspecified atom stereocenters. The van der Waals surface area contributed by atoms with Gasteiger partial charge in [-0.3, -0.25) is 0 Å². The summed E-state index contributed by atoms with van der Waals surface area (Å²) in [5.74, 6) is 0. The summed E-state index contributed by atoms with van der Waals surface area (Å²) in [6.45, 7) is 5.71. The maximum absolute atomic E-state index is 3.58. The molecule has 0 saturated heterocycles. The second kappa shape index (κ2) is 6.48. The Morgan fingerprint density at radius 3 is 2.55 bits per heavy atom. The zero-order valence-corrected chi connectivity index (χ0v) is 14.8. The lowest BCUT2D eigenvalue weighted by molar-refractivity contribution is 0.222. The molecule has 0 amide bonds. The molecule has 0 aromatic heterocycles. The van der Waals surface area contributed by atoms with Gasteiger partial charge in [0.2, 0.25) is 0 Å². The van der Waals surface area contributed by atoms with E-state index in [1.807, 2.05) is 7.05 Å². The summed E-state index contributed by atoms with van der Waals surface area (Å²) in [6.07, 6.45) is 5.27. The lowest BCUT2D eigenvalue weighted by Gasteiger charge is -2.40. The summed E-state index contributed by atoms with van der Waals surface area (Å²) >= 11 is 3.58. The molecule has 2 nitrogen and oxygen atoms in total. The van der Waals surface area contributed by atoms with Crippen LogP contribution in [0.4, 0.5) is 5.69 Å². The Morgan fingerprint density at radius 1 is 1.30 bits per heavy atom. The Labute approximate surface area is 132 Å². The van der Waals surface area contributed by atoms with Crippen molar-refractivity contribution in [2.75, 3.05) is 19.0 Å². The quantitative estimate of drug-likeness (QED) is 0.864. The highest BCUT2D eigenvalue weighted by atomic mass is 79.9. The van der Waals surface area contributed by atoms with Gasteiger partial charge in [-0.1, -0.05) is 29.8 Å². The molecule has 1 aromatic carbocycles. The lowest BCUT2D eigenvalue weighted by Crippen LogP contribution is -2.37. The fourth-order valence-electron chi connectivity index (χ4n) is 3.20. The first-order valence-corrected chi connectivity index (χ1v) is 8.38. The first-order chi connectivity index (χ1) is 9.43. The van der Waals surface area contributed by atoms with Gasteiger partial charge in [0.25, 0.3) is 0 Å². The maximum Gasteiger partial charge on any atom is 0.0412 e. The molecule has 2 rings (SSSR count). The lowest BCUT2D eigenvalue weighted by atomic mass is 9.75. The van der Waals surface area contributed by atoms with Gasteiger partial charge in [0, 0.05) is 29.8 Å². The predicted octanol–water partition coefficient (Wildman–Crippen LogP) is 4.57. The van der Waals surface area contributed by atoms with Crippen molar-refractivity contribution < 1.29 is 0 Å². The van der Waals surface area contributed by atoms with Gasteiger partial charge in [-0.2, -0.15) is 0 Å². The Bertz CT molecular complexity index is 446. The third-order valence-corrected chi connectivity index (χ3v) is 5.14. The summed E-state index contributed by atoms with van der Waals surface area (Å²) in [4.78, 5) is 2.49. The van der Waals surface area contributed by atoms with Crippen molar-refractivity contribution in [3.8, 4) is 0 Å². The van der Waals surface area contributed by atoms with Crippen LogP contribution in [0, 0.1) is 5.41 Å². The van der Waals surface area contributed by atoms with Crippen LogP contribution in [0.3, 0.4) is 0 Å². The number of rotatable bonds is 4. The smallest absolute Gasteiger partial charge is 0.0412 e. The molecule has 0 bridgehead atoms. The minimum Gasteiger partial charge on any atom is -0.371 e. The van der Waals surface area contributed by atoms with Crippen LogP contribution in [0.1, 0.15) is 45.1 Å². The zero-order chi connectivity index (χ0) is 14.8. The topological polar surface area (TPSA) is 15.3 Å². The van der Waals surface area contributed by atoms with Gasteiger partial charge in [-0.25, -0.2) is 0 Å². The molecule has 1 aromatic rings. The Hall–Kier alpha value is -0.540. The SMILES string of the molecule is CNCc1cc(Br)ccc1N(C)C1CCC(C)(C)CC1. The molecule has 112 valence electrons. The van der Waals surface area contributed by atoms with Crippen molar-refractivity contribution >= 4 is 21.6 Å². The van der Waals surface area contributed by atoms with Gasteiger partial charge >= 0.3 is 0 Å². The molecule has 3 heteroatoms. The standard InChI is InChI=1S/C17H27BrN2/c1-17(2)9-7-15(8-10-17)20(4)16-6-5-14(18)11-13(16)12-19-3/h5-6,11,15,19H,7-10,12H2,1-4H3. The van der Waals surface area contributed by atoms with Crippen LogP contribution in [0.15, 0.2) is 22.7 Å². The Morgan fingerprint density at radius 2 is 1.95 bits per heavy atom. The Balaban J connectivity index is 2.14. The number of anilines is 1. The molecule has 0 heterocycles. The summed E-state index contributed by atoms with van der Waals surface area (Å²) in [5, 5.41) is 3.27. The van der Waals surface area contributed by atoms with E-state index in [1.54, 1.807) is 0 Å². The van der Waals surface area contributed by atoms with Crippen LogP contribution in [0.2, 0.25) is 0 Å². The van der Waals surface area contributed by atoms with E-state index >= 15 is 0 Å². The highest BCUT2D eigenvalue weighted by Gasteiger charge is 2.29. The summed E-state index contributed by atoms with van der Waals surface area (Å²) in [7, 11) is 4.26. The molecule has 0 atom stereocenters. The fraction of sp³-hybridized carbons (Fsp3) is 0.647. The van der Waals surface area contributed by atoms with E-state index in [-0.39, 0.29) is 0 Å². The number of benzene rings is 1. The first kappa shape index (κ1) is 15.8. The van der Waals surface area contributed by atoms with Crippen LogP contribution in [0.5, 0.6) is 0 Å². The van der Waals surface area contributed by atoms with Gasteiger partial charge < -0.3 is 10.2 Å². The summed E-state index contributed by atoms with van der Waals surface area (Å²) < 4.78 is 1.16. The number of hydrogen-bond donors (Lipinski definition) is 1. The van der Waals surface area contributed by atoms with Gasteiger partial charge in [0.15, 0.2) is 0 Å². The monoisotopic (exact) mass is 338 g/mol. The normalized spacial score (nSPS) is 19.1. The molecule has 0 aliphatic heterocycles. The average molecular weight is 339 g/mol. The van der Waals surface area contributed by atoms with E-state index in [1.165, 1.54) is 36.9 Å². The van der Waals surface area contributed by atoms with E-state index in [2.05, 4.69) is 65.2 Å². The molecular formula is C17H27BrN2. The molecule has 1 N–H and O–H groups in total. The van der Waals surface area contributed by atoms with Gasteiger partial charge in [-0.15, -0.1) is 0 Å². The van der Waals surface area contributed by atoms with Gasteiger partial charge in [0.05, 0.1) is 0 Å². The molecule has 0 radical (unpaired) electrons. The third kappa shape index (κ3) is 3.76. The van der Waals surface area contributed by atoms with Crippen LogP contribution in [-0.4, -0.2) is 20.1 Å². The van der Waals surface area contributed by atoms with E-state index in [4.69, 9.17) is 0 Å². The molecule has 1 aliphatic carbocycles.